The second kappa shape index (κ2) is 7.92. The topological polar surface area (TPSA) is 76.0 Å². The van der Waals surface area contributed by atoms with E-state index in [4.69, 9.17) is 0 Å². The van der Waals surface area contributed by atoms with E-state index in [0.29, 0.717) is 12.1 Å². The van der Waals surface area contributed by atoms with E-state index in [1.54, 1.807) is 12.5 Å². The fourth-order valence-electron chi connectivity index (χ4n) is 1.83. The zero-order chi connectivity index (χ0) is 15.8. The highest BCUT2D eigenvalue weighted by atomic mass is 19.1. The number of carbonyl (C=O) groups is 2. The molecule has 7 heteroatoms. The van der Waals surface area contributed by atoms with Crippen molar-refractivity contribution in [2.24, 2.45) is 0 Å². The summed E-state index contributed by atoms with van der Waals surface area (Å²) in [6.07, 6.45) is 6.03. The van der Waals surface area contributed by atoms with Gasteiger partial charge in [-0.15, -0.1) is 0 Å². The number of nitrogens with zero attached hydrogens (tertiary/aromatic N) is 2. The zero-order valence-corrected chi connectivity index (χ0v) is 12.0. The second-order valence-electron chi connectivity index (χ2n) is 4.69. The first kappa shape index (κ1) is 15.7. The van der Waals surface area contributed by atoms with E-state index in [1.165, 1.54) is 24.3 Å². The summed E-state index contributed by atoms with van der Waals surface area (Å²) in [4.78, 5) is 27.2. The first-order valence-electron chi connectivity index (χ1n) is 6.91. The highest BCUT2D eigenvalue weighted by Crippen LogP contribution is 2.02. The van der Waals surface area contributed by atoms with Crippen molar-refractivity contribution in [3.63, 3.8) is 0 Å². The number of imidazole rings is 1. The Bertz CT molecular complexity index is 611. The summed E-state index contributed by atoms with van der Waals surface area (Å²) in [5, 5.41) is 5.20. The highest BCUT2D eigenvalue weighted by Gasteiger charge is 2.07. The number of halogens is 1. The van der Waals surface area contributed by atoms with Gasteiger partial charge in [-0.05, 0) is 30.7 Å². The van der Waals surface area contributed by atoms with Gasteiger partial charge in [0.15, 0.2) is 0 Å². The van der Waals surface area contributed by atoms with Crippen LogP contribution in [0.15, 0.2) is 43.0 Å². The number of rotatable bonds is 7. The molecule has 0 saturated heterocycles. The molecule has 0 unspecified atom stereocenters. The molecule has 1 heterocycles. The number of benzene rings is 1. The molecule has 0 aliphatic rings. The molecule has 0 saturated carbocycles. The van der Waals surface area contributed by atoms with Crippen LogP contribution in [0.4, 0.5) is 4.39 Å². The average Bonchev–Trinajstić information content (AvgIpc) is 3.03. The molecule has 0 bridgehead atoms. The van der Waals surface area contributed by atoms with Crippen molar-refractivity contribution in [3.05, 3.63) is 54.4 Å². The summed E-state index contributed by atoms with van der Waals surface area (Å²) in [5.74, 6) is -1.08. The maximum absolute atomic E-state index is 12.7. The average molecular weight is 304 g/mol. The summed E-state index contributed by atoms with van der Waals surface area (Å²) in [6, 6.07) is 5.14. The normalized spacial score (nSPS) is 10.2. The zero-order valence-electron chi connectivity index (χ0n) is 12.0. The van der Waals surface area contributed by atoms with Gasteiger partial charge in [-0.1, -0.05) is 0 Å². The third kappa shape index (κ3) is 5.01. The van der Waals surface area contributed by atoms with Crippen LogP contribution in [0.1, 0.15) is 16.8 Å². The smallest absolute Gasteiger partial charge is 0.251 e. The van der Waals surface area contributed by atoms with Crippen LogP contribution in [0.2, 0.25) is 0 Å². The molecular formula is C15H17FN4O2. The van der Waals surface area contributed by atoms with Gasteiger partial charge in [0.05, 0.1) is 12.9 Å². The second-order valence-corrected chi connectivity index (χ2v) is 4.69. The first-order valence-corrected chi connectivity index (χ1v) is 6.91. The lowest BCUT2D eigenvalue weighted by Crippen LogP contribution is -2.37. The van der Waals surface area contributed by atoms with Gasteiger partial charge in [0, 0.05) is 31.0 Å². The van der Waals surface area contributed by atoms with Gasteiger partial charge in [0.1, 0.15) is 5.82 Å². The maximum atomic E-state index is 12.7. The van der Waals surface area contributed by atoms with Gasteiger partial charge in [-0.25, -0.2) is 9.37 Å². The van der Waals surface area contributed by atoms with E-state index in [0.717, 1.165) is 13.0 Å². The Labute approximate surface area is 127 Å². The largest absolute Gasteiger partial charge is 0.355 e. The SMILES string of the molecule is O=C(CNC(=O)c1ccc(F)cc1)NCCCn1ccnc1. The molecule has 0 aliphatic heterocycles. The molecule has 0 atom stereocenters. The van der Waals surface area contributed by atoms with Crippen molar-refractivity contribution in [2.75, 3.05) is 13.1 Å². The molecule has 1 aromatic carbocycles. The monoisotopic (exact) mass is 304 g/mol. The van der Waals surface area contributed by atoms with E-state index in [9.17, 15) is 14.0 Å². The van der Waals surface area contributed by atoms with Crippen molar-refractivity contribution < 1.29 is 14.0 Å². The molecule has 116 valence electrons. The Morgan fingerprint density at radius 3 is 2.64 bits per heavy atom. The third-order valence-electron chi connectivity index (χ3n) is 2.99. The molecule has 6 nitrogen and oxygen atoms in total. The van der Waals surface area contributed by atoms with E-state index < -0.39 is 11.7 Å². The Balaban J connectivity index is 1.62. The van der Waals surface area contributed by atoms with Crippen LogP contribution in [0.25, 0.3) is 0 Å². The molecule has 2 rings (SSSR count). The van der Waals surface area contributed by atoms with Crippen LogP contribution in [0, 0.1) is 5.82 Å². The molecule has 22 heavy (non-hydrogen) atoms. The lowest BCUT2D eigenvalue weighted by molar-refractivity contribution is -0.120. The van der Waals surface area contributed by atoms with E-state index in [-0.39, 0.29) is 12.5 Å². The number of hydrogen-bond acceptors (Lipinski definition) is 3. The predicted octanol–water partition coefficient (Wildman–Crippen LogP) is 0.958. The van der Waals surface area contributed by atoms with Crippen molar-refractivity contribution in [2.45, 2.75) is 13.0 Å². The van der Waals surface area contributed by atoms with E-state index >= 15 is 0 Å². The summed E-state index contributed by atoms with van der Waals surface area (Å²) in [5.41, 5.74) is 0.314. The number of amides is 2. The minimum atomic E-state index is -0.410. The Morgan fingerprint density at radius 2 is 1.95 bits per heavy atom. The minimum Gasteiger partial charge on any atom is -0.355 e. The fourth-order valence-corrected chi connectivity index (χ4v) is 1.83. The molecular weight excluding hydrogens is 287 g/mol. The van der Waals surface area contributed by atoms with Gasteiger partial charge >= 0.3 is 0 Å². The number of aromatic nitrogens is 2. The van der Waals surface area contributed by atoms with Gasteiger partial charge in [-0.3, -0.25) is 9.59 Å². The number of carbonyl (C=O) groups excluding carboxylic acids is 2. The van der Waals surface area contributed by atoms with E-state index in [1.807, 2.05) is 10.8 Å². The molecule has 2 amide bonds. The van der Waals surface area contributed by atoms with Gasteiger partial charge in [0.2, 0.25) is 5.91 Å². The lowest BCUT2D eigenvalue weighted by Gasteiger charge is -2.07. The molecule has 0 spiro atoms. The van der Waals surface area contributed by atoms with Crippen molar-refractivity contribution in [1.82, 2.24) is 20.2 Å². The molecule has 0 fully saturated rings. The highest BCUT2D eigenvalue weighted by molar-refractivity contribution is 5.96. The van der Waals surface area contributed by atoms with Crippen LogP contribution in [0.5, 0.6) is 0 Å². The lowest BCUT2D eigenvalue weighted by atomic mass is 10.2. The fraction of sp³-hybridized carbons (Fsp3) is 0.267. The van der Waals surface area contributed by atoms with Crippen LogP contribution in [-0.2, 0) is 11.3 Å². The van der Waals surface area contributed by atoms with Crippen molar-refractivity contribution >= 4 is 11.8 Å². The predicted molar refractivity (Wildman–Crippen MR) is 78.6 cm³/mol. The van der Waals surface area contributed by atoms with Crippen molar-refractivity contribution in [1.29, 1.82) is 0 Å². The van der Waals surface area contributed by atoms with Crippen LogP contribution in [-0.4, -0.2) is 34.5 Å². The Hall–Kier alpha value is -2.70. The molecule has 0 radical (unpaired) electrons. The summed E-state index contributed by atoms with van der Waals surface area (Å²) < 4.78 is 14.7. The van der Waals surface area contributed by atoms with Crippen LogP contribution >= 0.6 is 0 Å². The first-order chi connectivity index (χ1) is 10.6. The molecule has 0 aliphatic carbocycles. The number of nitrogens with one attached hydrogen (secondary N) is 2. The molecule has 2 aromatic rings. The molecule has 1 aromatic heterocycles. The standard InChI is InChI=1S/C15H17FN4O2/c16-13-4-2-12(3-5-13)15(22)19-10-14(21)18-6-1-8-20-9-7-17-11-20/h2-5,7,9,11H,1,6,8,10H2,(H,18,21)(H,19,22). The summed E-state index contributed by atoms with van der Waals surface area (Å²) in [7, 11) is 0. The van der Waals surface area contributed by atoms with Gasteiger partial charge in [0.25, 0.3) is 5.91 Å². The maximum Gasteiger partial charge on any atom is 0.251 e. The van der Waals surface area contributed by atoms with Crippen LogP contribution in [0.3, 0.4) is 0 Å². The van der Waals surface area contributed by atoms with E-state index in [2.05, 4.69) is 15.6 Å². The van der Waals surface area contributed by atoms with Crippen LogP contribution < -0.4 is 10.6 Å². The third-order valence-corrected chi connectivity index (χ3v) is 2.99. The quantitative estimate of drug-likeness (QED) is 0.748. The summed E-state index contributed by atoms with van der Waals surface area (Å²) in [6.45, 7) is 1.17. The Kier molecular flexibility index (Phi) is 5.65. The minimum absolute atomic E-state index is 0.110. The van der Waals surface area contributed by atoms with Crippen molar-refractivity contribution in [3.8, 4) is 0 Å². The Morgan fingerprint density at radius 1 is 1.18 bits per heavy atom. The van der Waals surface area contributed by atoms with Gasteiger partial charge < -0.3 is 15.2 Å². The molecule has 2 N–H and O–H groups in total. The number of hydrogen-bond donors (Lipinski definition) is 2. The van der Waals surface area contributed by atoms with Gasteiger partial charge in [-0.2, -0.15) is 0 Å². The number of aryl methyl sites for hydroxylation is 1. The summed E-state index contributed by atoms with van der Waals surface area (Å²) >= 11 is 0.